The molecule has 2 aliphatic rings. The highest BCUT2D eigenvalue weighted by atomic mass is 19.1. The minimum Gasteiger partial charge on any atom is -0.443 e. The lowest BCUT2D eigenvalue weighted by Crippen LogP contribution is -2.34. The first kappa shape index (κ1) is 24.5. The van der Waals surface area contributed by atoms with E-state index in [-0.39, 0.29) is 16.9 Å². The van der Waals surface area contributed by atoms with Crippen LogP contribution in [0.4, 0.5) is 19.4 Å². The van der Waals surface area contributed by atoms with Crippen molar-refractivity contribution >= 4 is 11.9 Å². The van der Waals surface area contributed by atoms with E-state index in [2.05, 4.69) is 11.0 Å². The molecular weight excluding hydrogens is 466 g/mol. The molecule has 192 valence electrons. The zero-order valence-electron chi connectivity index (χ0n) is 21.4. The zero-order chi connectivity index (χ0) is 25.8. The van der Waals surface area contributed by atoms with Crippen molar-refractivity contribution in [3.63, 3.8) is 0 Å². The van der Waals surface area contributed by atoms with Crippen molar-refractivity contribution < 1.29 is 23.0 Å². The standard InChI is InChI=1S/C27H32F2N4O3/c1-6-32-23(15-22(30-32)27(35-5)11-12-27)31-13-10-20-17(16-31)14-21(24-18(28)8-7-9-19(24)29)33(20)25(34)36-26(2,3)4/h7-9,14-15H,6,10-13,16H2,1-5H3. The van der Waals surface area contributed by atoms with E-state index in [4.69, 9.17) is 14.6 Å². The summed E-state index contributed by atoms with van der Waals surface area (Å²) in [6, 6.07) is 7.49. The smallest absolute Gasteiger partial charge is 0.419 e. The van der Waals surface area contributed by atoms with Crippen molar-refractivity contribution in [1.82, 2.24) is 14.3 Å². The van der Waals surface area contributed by atoms with Crippen LogP contribution in [0.2, 0.25) is 0 Å². The number of halogens is 2. The SMILES string of the molecule is CCn1nc(C2(OC)CC2)cc1N1CCc2c(cc(-c3c(F)cccc3F)n2C(=O)OC(C)(C)C)C1. The minimum atomic E-state index is -0.760. The molecule has 7 nitrogen and oxygen atoms in total. The van der Waals surface area contributed by atoms with Gasteiger partial charge in [0, 0.05) is 44.9 Å². The summed E-state index contributed by atoms with van der Waals surface area (Å²) >= 11 is 0. The Hall–Kier alpha value is -3.20. The van der Waals surface area contributed by atoms with Crippen LogP contribution >= 0.6 is 0 Å². The first-order chi connectivity index (χ1) is 17.1. The van der Waals surface area contributed by atoms with Gasteiger partial charge in [-0.25, -0.2) is 22.8 Å². The highest BCUT2D eigenvalue weighted by Crippen LogP contribution is 2.49. The van der Waals surface area contributed by atoms with Gasteiger partial charge in [0.2, 0.25) is 0 Å². The van der Waals surface area contributed by atoms with E-state index < -0.39 is 23.3 Å². The van der Waals surface area contributed by atoms with Crippen LogP contribution in [0.15, 0.2) is 30.3 Å². The number of hydrogen-bond donors (Lipinski definition) is 0. The Labute approximate surface area is 209 Å². The summed E-state index contributed by atoms with van der Waals surface area (Å²) in [6.07, 6.45) is 1.75. The van der Waals surface area contributed by atoms with E-state index in [0.717, 1.165) is 29.9 Å². The Kier molecular flexibility index (Phi) is 5.94. The molecule has 0 amide bonds. The third-order valence-corrected chi connectivity index (χ3v) is 6.91. The summed E-state index contributed by atoms with van der Waals surface area (Å²) in [5.74, 6) is -0.492. The van der Waals surface area contributed by atoms with Gasteiger partial charge in [-0.05, 0) is 64.3 Å². The number of carbonyl (C=O) groups excluding carboxylic acids is 1. The molecule has 0 bridgehead atoms. The lowest BCUT2D eigenvalue weighted by molar-refractivity contribution is 0.0535. The maximum Gasteiger partial charge on any atom is 0.419 e. The van der Waals surface area contributed by atoms with Crippen LogP contribution < -0.4 is 4.90 Å². The predicted molar refractivity (Wildman–Crippen MR) is 132 cm³/mol. The summed E-state index contributed by atoms with van der Waals surface area (Å²) in [4.78, 5) is 15.5. The lowest BCUT2D eigenvalue weighted by Gasteiger charge is -2.30. The second kappa shape index (κ2) is 8.73. The van der Waals surface area contributed by atoms with Gasteiger partial charge < -0.3 is 14.4 Å². The fourth-order valence-corrected chi connectivity index (χ4v) is 4.97. The fourth-order valence-electron chi connectivity index (χ4n) is 4.97. The minimum absolute atomic E-state index is 0.160. The summed E-state index contributed by atoms with van der Waals surface area (Å²) in [5.41, 5.74) is 1.32. The number of aryl methyl sites for hydroxylation is 1. The molecule has 1 saturated carbocycles. The molecule has 1 aliphatic heterocycles. The van der Waals surface area contributed by atoms with Gasteiger partial charge in [-0.15, -0.1) is 0 Å². The molecule has 0 N–H and O–H groups in total. The number of anilines is 1. The van der Waals surface area contributed by atoms with Crippen molar-refractivity contribution in [2.45, 2.75) is 71.2 Å². The molecule has 1 aromatic carbocycles. The first-order valence-electron chi connectivity index (χ1n) is 12.4. The van der Waals surface area contributed by atoms with Gasteiger partial charge >= 0.3 is 6.09 Å². The van der Waals surface area contributed by atoms with Crippen LogP contribution in [0.1, 0.15) is 57.5 Å². The Balaban J connectivity index is 1.56. The first-order valence-corrected chi connectivity index (χ1v) is 12.4. The molecule has 0 saturated heterocycles. The van der Waals surface area contributed by atoms with Crippen LogP contribution in [0, 0.1) is 11.6 Å². The van der Waals surface area contributed by atoms with Gasteiger partial charge in [0.05, 0.1) is 17.0 Å². The Morgan fingerprint density at radius 1 is 1.17 bits per heavy atom. The predicted octanol–water partition coefficient (Wildman–Crippen LogP) is 5.63. The van der Waals surface area contributed by atoms with Crippen molar-refractivity contribution in [2.75, 3.05) is 18.6 Å². The molecule has 0 atom stereocenters. The maximum absolute atomic E-state index is 14.8. The van der Waals surface area contributed by atoms with Crippen molar-refractivity contribution in [3.8, 4) is 11.3 Å². The number of methoxy groups -OCH3 is 1. The molecule has 3 aromatic rings. The van der Waals surface area contributed by atoms with Crippen molar-refractivity contribution in [1.29, 1.82) is 0 Å². The summed E-state index contributed by atoms with van der Waals surface area (Å²) < 4.78 is 44.3. The van der Waals surface area contributed by atoms with Gasteiger partial charge in [0.15, 0.2) is 0 Å². The number of rotatable bonds is 5. The van der Waals surface area contributed by atoms with E-state index >= 15 is 0 Å². The number of fused-ring (bicyclic) bond motifs is 1. The third-order valence-electron chi connectivity index (χ3n) is 6.91. The molecule has 1 aliphatic carbocycles. The van der Waals surface area contributed by atoms with Gasteiger partial charge in [-0.3, -0.25) is 0 Å². The molecule has 36 heavy (non-hydrogen) atoms. The van der Waals surface area contributed by atoms with Crippen LogP contribution in [-0.2, 0) is 34.6 Å². The number of aromatic nitrogens is 3. The molecule has 5 rings (SSSR count). The van der Waals surface area contributed by atoms with Crippen LogP contribution in [0.5, 0.6) is 0 Å². The van der Waals surface area contributed by atoms with E-state index in [1.165, 1.54) is 22.8 Å². The van der Waals surface area contributed by atoms with Crippen LogP contribution in [0.3, 0.4) is 0 Å². The van der Waals surface area contributed by atoms with Crippen molar-refractivity contribution in [2.24, 2.45) is 0 Å². The summed E-state index contributed by atoms with van der Waals surface area (Å²) in [7, 11) is 1.72. The van der Waals surface area contributed by atoms with E-state index in [0.29, 0.717) is 31.7 Å². The molecule has 2 aromatic heterocycles. The van der Waals surface area contributed by atoms with E-state index in [1.807, 2.05) is 11.6 Å². The Morgan fingerprint density at radius 3 is 2.44 bits per heavy atom. The van der Waals surface area contributed by atoms with Gasteiger partial charge in [-0.1, -0.05) is 6.07 Å². The van der Waals surface area contributed by atoms with Gasteiger partial charge in [-0.2, -0.15) is 5.10 Å². The number of benzene rings is 1. The number of ether oxygens (including phenoxy) is 2. The van der Waals surface area contributed by atoms with E-state index in [1.54, 1.807) is 33.9 Å². The van der Waals surface area contributed by atoms with E-state index in [9.17, 15) is 13.6 Å². The molecule has 0 unspecified atom stereocenters. The van der Waals surface area contributed by atoms with Crippen LogP contribution in [0.25, 0.3) is 11.3 Å². The zero-order valence-corrected chi connectivity index (χ0v) is 21.4. The molecule has 0 radical (unpaired) electrons. The Morgan fingerprint density at radius 2 is 1.86 bits per heavy atom. The lowest BCUT2D eigenvalue weighted by atomic mass is 10.1. The monoisotopic (exact) mass is 498 g/mol. The average Bonchev–Trinajstić information content (AvgIpc) is 3.34. The number of nitrogens with zero attached hydrogens (tertiary/aromatic N) is 4. The maximum atomic E-state index is 14.8. The van der Waals surface area contributed by atoms with Gasteiger partial charge in [0.25, 0.3) is 0 Å². The van der Waals surface area contributed by atoms with Crippen LogP contribution in [-0.4, -0.2) is 39.7 Å². The average molecular weight is 499 g/mol. The highest BCUT2D eigenvalue weighted by molar-refractivity contribution is 5.81. The third kappa shape index (κ3) is 4.19. The molecule has 1 fully saturated rings. The molecule has 0 spiro atoms. The quantitative estimate of drug-likeness (QED) is 0.456. The molecule has 3 heterocycles. The second-order valence-corrected chi connectivity index (χ2v) is 10.5. The summed E-state index contributed by atoms with van der Waals surface area (Å²) in [6.45, 7) is 9.12. The largest absolute Gasteiger partial charge is 0.443 e. The Bertz CT molecular complexity index is 1300. The second-order valence-electron chi connectivity index (χ2n) is 10.5. The molecular formula is C27H32F2N4O3. The topological polar surface area (TPSA) is 61.5 Å². The normalized spacial score (nSPS) is 16.7. The fraction of sp³-hybridized carbons (Fsp3) is 0.481. The molecule has 9 heteroatoms. The number of hydrogen-bond acceptors (Lipinski definition) is 5. The highest BCUT2D eigenvalue weighted by Gasteiger charge is 2.47. The number of carbonyl (C=O) groups is 1. The summed E-state index contributed by atoms with van der Waals surface area (Å²) in [5, 5.41) is 4.80. The van der Waals surface area contributed by atoms with Gasteiger partial charge in [0.1, 0.15) is 28.7 Å². The van der Waals surface area contributed by atoms with Crippen molar-refractivity contribution in [3.05, 3.63) is 58.9 Å².